The van der Waals surface area contributed by atoms with Crippen LogP contribution in [-0.2, 0) is 24.2 Å². The summed E-state index contributed by atoms with van der Waals surface area (Å²) in [5, 5.41) is 1.61. The van der Waals surface area contributed by atoms with Crippen LogP contribution in [0.2, 0.25) is 0 Å². The Morgan fingerprint density at radius 2 is 1.73 bits per heavy atom. The molecular weight excluding hydrogens is 308 g/mol. The van der Waals surface area contributed by atoms with E-state index in [1.807, 2.05) is 13.8 Å². The van der Waals surface area contributed by atoms with E-state index >= 15 is 0 Å². The van der Waals surface area contributed by atoms with Crippen molar-refractivity contribution in [3.8, 4) is 0 Å². The number of ether oxygens (including phenoxy) is 1. The third-order valence-corrected chi connectivity index (χ3v) is 5.58. The minimum atomic E-state index is -3.47. The monoisotopic (exact) mass is 336 g/mol. The van der Waals surface area contributed by atoms with Crippen molar-refractivity contribution < 1.29 is 22.7 Å². The smallest absolute Gasteiger partial charge is 0.244 e. The second-order valence-electron chi connectivity index (χ2n) is 5.29. The van der Waals surface area contributed by atoms with Crippen molar-refractivity contribution in [2.24, 2.45) is 5.73 Å². The molecule has 0 rings (SSSR count). The predicted molar refractivity (Wildman–Crippen MR) is 85.0 cm³/mol. The van der Waals surface area contributed by atoms with Crippen molar-refractivity contribution in [1.29, 1.82) is 0 Å². The quantitative estimate of drug-likeness (QED) is 0.563. The van der Waals surface area contributed by atoms with Crippen molar-refractivity contribution >= 4 is 21.7 Å². The van der Waals surface area contributed by atoms with Crippen LogP contribution in [0.25, 0.3) is 0 Å². The average Bonchev–Trinajstić information content (AvgIpc) is 2.44. The molecular formula is C14H28N2O5S. The summed E-state index contributed by atoms with van der Waals surface area (Å²) in [6.45, 7) is 4.01. The van der Waals surface area contributed by atoms with Gasteiger partial charge >= 0.3 is 0 Å². The first kappa shape index (κ1) is 21.0. The van der Waals surface area contributed by atoms with Gasteiger partial charge in [-0.25, -0.2) is 8.42 Å². The number of carbonyl (C=O) groups is 2. The molecule has 0 fully saturated rings. The normalized spacial score (nSPS) is 13.1. The van der Waals surface area contributed by atoms with Crippen LogP contribution in [0, 0.1) is 0 Å². The summed E-state index contributed by atoms with van der Waals surface area (Å²) in [5.74, 6) is -1.74. The zero-order valence-corrected chi connectivity index (χ0v) is 14.4. The van der Waals surface area contributed by atoms with Crippen molar-refractivity contribution in [2.75, 3.05) is 19.5 Å². The average molecular weight is 336 g/mol. The van der Waals surface area contributed by atoms with E-state index in [9.17, 15) is 18.0 Å². The van der Waals surface area contributed by atoms with E-state index in [1.54, 1.807) is 0 Å². The molecule has 0 aromatic rings. The predicted octanol–water partition coefficient (Wildman–Crippen LogP) is 0.377. The van der Waals surface area contributed by atoms with Gasteiger partial charge in [0.2, 0.25) is 11.8 Å². The second kappa shape index (κ2) is 10.7. The van der Waals surface area contributed by atoms with Gasteiger partial charge in [0.15, 0.2) is 9.84 Å². The van der Waals surface area contributed by atoms with E-state index in [0.717, 1.165) is 12.8 Å². The van der Waals surface area contributed by atoms with Gasteiger partial charge in [-0.1, -0.05) is 26.7 Å². The molecule has 0 aromatic carbocycles. The maximum Gasteiger partial charge on any atom is 0.244 e. The van der Waals surface area contributed by atoms with E-state index in [1.165, 1.54) is 7.11 Å². The number of methoxy groups -OCH3 is 1. The minimum absolute atomic E-state index is 0.0238. The largest absolute Gasteiger partial charge is 0.384 e. The summed E-state index contributed by atoms with van der Waals surface area (Å²) in [6, 6.07) is -1.24. The Balaban J connectivity index is 4.62. The molecule has 0 radical (unpaired) electrons. The standard InChI is InChI=1S/C14H28N2O5S/c1-4-6-11(7-5-2)22(19,20)10-12(15)14(18)16-13(17)8-9-21-3/h11-12H,4-10,15H2,1-3H3,(H,16,17,18)/t12-/m1/s1. The third-order valence-electron chi connectivity index (χ3n) is 3.27. The van der Waals surface area contributed by atoms with Crippen LogP contribution in [-0.4, -0.2) is 51.0 Å². The van der Waals surface area contributed by atoms with Crippen molar-refractivity contribution in [2.45, 2.75) is 57.2 Å². The molecule has 0 spiro atoms. The molecule has 2 amide bonds. The molecule has 1 atom stereocenters. The Kier molecular flexibility index (Phi) is 10.2. The number of nitrogens with two attached hydrogens (primary N) is 1. The Bertz CT molecular complexity index is 444. The third kappa shape index (κ3) is 7.86. The number of amides is 2. The highest BCUT2D eigenvalue weighted by Crippen LogP contribution is 2.16. The van der Waals surface area contributed by atoms with Crippen molar-refractivity contribution in [1.82, 2.24) is 5.32 Å². The molecule has 0 saturated heterocycles. The number of imide groups is 1. The minimum Gasteiger partial charge on any atom is -0.384 e. The summed E-state index contributed by atoms with van der Waals surface area (Å²) < 4.78 is 29.4. The lowest BCUT2D eigenvalue weighted by Gasteiger charge is -2.19. The van der Waals surface area contributed by atoms with Gasteiger partial charge in [0.25, 0.3) is 0 Å². The molecule has 7 nitrogen and oxygen atoms in total. The lowest BCUT2D eigenvalue weighted by atomic mass is 10.2. The van der Waals surface area contributed by atoms with Crippen molar-refractivity contribution in [3.63, 3.8) is 0 Å². The number of nitrogens with one attached hydrogen (secondary N) is 1. The van der Waals surface area contributed by atoms with Crippen LogP contribution >= 0.6 is 0 Å². The SMILES string of the molecule is CCCC(CCC)S(=O)(=O)C[C@@H](N)C(=O)NC(=O)CCOC. The molecule has 22 heavy (non-hydrogen) atoms. The van der Waals surface area contributed by atoms with Crippen LogP contribution in [0.1, 0.15) is 46.0 Å². The van der Waals surface area contributed by atoms with Crippen LogP contribution in [0.3, 0.4) is 0 Å². The van der Waals surface area contributed by atoms with Gasteiger partial charge in [0.1, 0.15) is 0 Å². The summed E-state index contributed by atoms with van der Waals surface area (Å²) in [6.07, 6.45) is 2.63. The first-order valence-corrected chi connectivity index (χ1v) is 9.29. The molecule has 0 aliphatic heterocycles. The molecule has 0 aromatic heterocycles. The van der Waals surface area contributed by atoms with E-state index < -0.39 is 38.7 Å². The number of sulfone groups is 1. The number of rotatable bonds is 11. The molecule has 0 heterocycles. The molecule has 8 heteroatoms. The van der Waals surface area contributed by atoms with Gasteiger partial charge in [0.05, 0.1) is 30.1 Å². The van der Waals surface area contributed by atoms with Gasteiger partial charge in [-0.3, -0.25) is 14.9 Å². The summed E-state index contributed by atoms with van der Waals surface area (Å²) in [4.78, 5) is 23.2. The van der Waals surface area contributed by atoms with Gasteiger partial charge in [-0.15, -0.1) is 0 Å². The summed E-state index contributed by atoms with van der Waals surface area (Å²) in [5.41, 5.74) is 5.64. The number of hydrogen-bond acceptors (Lipinski definition) is 6. The van der Waals surface area contributed by atoms with Gasteiger partial charge < -0.3 is 10.5 Å². The Labute approximate surface area is 132 Å². The van der Waals surface area contributed by atoms with Crippen molar-refractivity contribution in [3.05, 3.63) is 0 Å². The number of carbonyl (C=O) groups excluding carboxylic acids is 2. The van der Waals surface area contributed by atoms with Crippen LogP contribution in [0.5, 0.6) is 0 Å². The first-order valence-electron chi connectivity index (χ1n) is 7.58. The molecule has 0 bridgehead atoms. The molecule has 0 aliphatic carbocycles. The molecule has 0 saturated carbocycles. The zero-order valence-electron chi connectivity index (χ0n) is 13.6. The van der Waals surface area contributed by atoms with E-state index in [4.69, 9.17) is 10.5 Å². The highest BCUT2D eigenvalue weighted by Gasteiger charge is 2.29. The maximum absolute atomic E-state index is 12.3. The highest BCUT2D eigenvalue weighted by molar-refractivity contribution is 7.92. The molecule has 130 valence electrons. The topological polar surface area (TPSA) is 116 Å². The van der Waals surface area contributed by atoms with Gasteiger partial charge in [-0.2, -0.15) is 0 Å². The highest BCUT2D eigenvalue weighted by atomic mass is 32.2. The second-order valence-corrected chi connectivity index (χ2v) is 7.62. The van der Waals surface area contributed by atoms with Gasteiger partial charge in [-0.05, 0) is 12.8 Å². The molecule has 0 unspecified atom stereocenters. The van der Waals surface area contributed by atoms with E-state index in [2.05, 4.69) is 5.32 Å². The fraction of sp³-hybridized carbons (Fsp3) is 0.857. The lowest BCUT2D eigenvalue weighted by molar-refractivity contribution is -0.131. The fourth-order valence-corrected chi connectivity index (χ4v) is 4.21. The zero-order chi connectivity index (χ0) is 17.2. The van der Waals surface area contributed by atoms with Gasteiger partial charge in [0, 0.05) is 7.11 Å². The lowest BCUT2D eigenvalue weighted by Crippen LogP contribution is -2.48. The Morgan fingerprint density at radius 1 is 1.18 bits per heavy atom. The summed E-state index contributed by atoms with van der Waals surface area (Å²) >= 11 is 0. The van der Waals surface area contributed by atoms with Crippen LogP contribution in [0.15, 0.2) is 0 Å². The first-order chi connectivity index (χ1) is 10.3. The summed E-state index contributed by atoms with van der Waals surface area (Å²) in [7, 11) is -2.03. The fourth-order valence-electron chi connectivity index (χ4n) is 2.10. The molecule has 3 N–H and O–H groups in total. The van der Waals surface area contributed by atoms with E-state index in [-0.39, 0.29) is 13.0 Å². The van der Waals surface area contributed by atoms with Crippen LogP contribution in [0.4, 0.5) is 0 Å². The van der Waals surface area contributed by atoms with E-state index in [0.29, 0.717) is 12.8 Å². The Hall–Kier alpha value is -0.990. The van der Waals surface area contributed by atoms with Crippen LogP contribution < -0.4 is 11.1 Å². The number of hydrogen-bond donors (Lipinski definition) is 2. The maximum atomic E-state index is 12.3. The Morgan fingerprint density at radius 3 is 2.18 bits per heavy atom. The molecule has 0 aliphatic rings.